The Hall–Kier alpha value is -0.0800. The Balaban J connectivity index is 1.61. The van der Waals surface area contributed by atoms with Crippen LogP contribution < -0.4 is 5.32 Å². The standard InChI is InChI=1S/C14H29NO/c1-2-3-4-5-6-7-8-9-10-11-12-15-14-13-16-14/h14-15H,2-13H2,1H3. The van der Waals surface area contributed by atoms with Gasteiger partial charge in [-0.05, 0) is 13.0 Å². The number of rotatable bonds is 12. The Bertz CT molecular complexity index is 146. The van der Waals surface area contributed by atoms with Crippen molar-refractivity contribution in [3.8, 4) is 0 Å². The molecular weight excluding hydrogens is 198 g/mol. The van der Waals surface area contributed by atoms with E-state index in [0.29, 0.717) is 6.23 Å². The lowest BCUT2D eigenvalue weighted by Crippen LogP contribution is -2.18. The summed E-state index contributed by atoms with van der Waals surface area (Å²) in [6.07, 6.45) is 14.5. The predicted molar refractivity (Wildman–Crippen MR) is 69.6 cm³/mol. The zero-order valence-corrected chi connectivity index (χ0v) is 11.0. The minimum atomic E-state index is 0.401. The zero-order valence-electron chi connectivity index (χ0n) is 11.0. The third-order valence-electron chi connectivity index (χ3n) is 3.24. The molecule has 1 atom stereocenters. The molecule has 0 saturated carbocycles. The lowest BCUT2D eigenvalue weighted by molar-refractivity contribution is 0.366. The summed E-state index contributed by atoms with van der Waals surface area (Å²) in [6.45, 7) is 4.35. The van der Waals surface area contributed by atoms with Crippen LogP contribution in [0.25, 0.3) is 0 Å². The molecule has 0 radical (unpaired) electrons. The Morgan fingerprint density at radius 1 is 0.875 bits per heavy atom. The van der Waals surface area contributed by atoms with E-state index in [-0.39, 0.29) is 0 Å². The molecule has 1 aliphatic heterocycles. The SMILES string of the molecule is CCCCCCCCCCCCNC1CO1. The van der Waals surface area contributed by atoms with Gasteiger partial charge >= 0.3 is 0 Å². The second-order valence-electron chi connectivity index (χ2n) is 4.96. The van der Waals surface area contributed by atoms with Gasteiger partial charge in [0.25, 0.3) is 0 Å². The van der Waals surface area contributed by atoms with Crippen LogP contribution in [-0.2, 0) is 4.74 Å². The first-order chi connectivity index (χ1) is 7.93. The van der Waals surface area contributed by atoms with E-state index in [9.17, 15) is 0 Å². The molecule has 1 N–H and O–H groups in total. The van der Waals surface area contributed by atoms with Gasteiger partial charge < -0.3 is 4.74 Å². The summed E-state index contributed by atoms with van der Waals surface area (Å²) < 4.78 is 5.09. The van der Waals surface area contributed by atoms with Gasteiger partial charge in [-0.15, -0.1) is 0 Å². The summed E-state index contributed by atoms with van der Waals surface area (Å²) in [5.74, 6) is 0. The van der Waals surface area contributed by atoms with Gasteiger partial charge in [-0.3, -0.25) is 5.32 Å². The highest BCUT2D eigenvalue weighted by molar-refractivity contribution is 4.65. The van der Waals surface area contributed by atoms with Crippen molar-refractivity contribution >= 4 is 0 Å². The second kappa shape index (κ2) is 10.1. The molecule has 1 heterocycles. The van der Waals surface area contributed by atoms with Gasteiger partial charge in [-0.1, -0.05) is 64.7 Å². The fraction of sp³-hybridized carbons (Fsp3) is 1.00. The van der Waals surface area contributed by atoms with Gasteiger partial charge in [-0.2, -0.15) is 0 Å². The molecule has 0 spiro atoms. The Labute approximate surface area is 101 Å². The zero-order chi connectivity index (χ0) is 11.5. The van der Waals surface area contributed by atoms with Crippen molar-refractivity contribution in [3.05, 3.63) is 0 Å². The van der Waals surface area contributed by atoms with Gasteiger partial charge in [0.15, 0.2) is 0 Å². The van der Waals surface area contributed by atoms with E-state index in [1.807, 2.05) is 0 Å². The summed E-state index contributed by atoms with van der Waals surface area (Å²) in [7, 11) is 0. The van der Waals surface area contributed by atoms with Crippen molar-refractivity contribution in [1.29, 1.82) is 0 Å². The number of nitrogens with one attached hydrogen (secondary N) is 1. The lowest BCUT2D eigenvalue weighted by Gasteiger charge is -2.02. The molecule has 16 heavy (non-hydrogen) atoms. The fourth-order valence-corrected chi connectivity index (χ4v) is 2.04. The van der Waals surface area contributed by atoms with Gasteiger partial charge in [0, 0.05) is 0 Å². The molecule has 0 bridgehead atoms. The van der Waals surface area contributed by atoms with Gasteiger partial charge in [0.05, 0.1) is 6.61 Å². The van der Waals surface area contributed by atoms with Gasteiger partial charge in [-0.25, -0.2) is 0 Å². The highest BCUT2D eigenvalue weighted by Gasteiger charge is 2.20. The number of ether oxygens (including phenoxy) is 1. The Morgan fingerprint density at radius 2 is 1.38 bits per heavy atom. The molecule has 0 amide bonds. The molecule has 0 aliphatic carbocycles. The van der Waals surface area contributed by atoms with Crippen LogP contribution in [0.4, 0.5) is 0 Å². The van der Waals surface area contributed by atoms with E-state index in [0.717, 1.165) is 13.2 Å². The largest absolute Gasteiger partial charge is 0.357 e. The number of unbranched alkanes of at least 4 members (excludes halogenated alkanes) is 9. The summed E-state index contributed by atoms with van der Waals surface area (Å²) in [6, 6.07) is 0. The van der Waals surface area contributed by atoms with Crippen molar-refractivity contribution in [2.75, 3.05) is 13.2 Å². The maximum atomic E-state index is 5.09. The number of hydrogen-bond acceptors (Lipinski definition) is 2. The van der Waals surface area contributed by atoms with Crippen LogP contribution in [0.2, 0.25) is 0 Å². The molecular formula is C14H29NO. The predicted octanol–water partition coefficient (Wildman–Crippen LogP) is 3.85. The minimum absolute atomic E-state index is 0.401. The topological polar surface area (TPSA) is 24.6 Å². The Morgan fingerprint density at radius 3 is 1.88 bits per heavy atom. The minimum Gasteiger partial charge on any atom is -0.357 e. The lowest BCUT2D eigenvalue weighted by atomic mass is 10.1. The summed E-state index contributed by atoms with van der Waals surface area (Å²) in [5, 5.41) is 3.36. The molecule has 1 unspecified atom stereocenters. The van der Waals surface area contributed by atoms with Crippen LogP contribution in [-0.4, -0.2) is 19.4 Å². The van der Waals surface area contributed by atoms with Crippen LogP contribution in [0.15, 0.2) is 0 Å². The van der Waals surface area contributed by atoms with Crippen molar-refractivity contribution in [1.82, 2.24) is 5.32 Å². The highest BCUT2D eigenvalue weighted by atomic mass is 16.6. The monoisotopic (exact) mass is 227 g/mol. The molecule has 0 aromatic carbocycles. The number of epoxide rings is 1. The summed E-state index contributed by atoms with van der Waals surface area (Å²) in [5.41, 5.74) is 0. The van der Waals surface area contributed by atoms with E-state index in [2.05, 4.69) is 12.2 Å². The highest BCUT2D eigenvalue weighted by Crippen LogP contribution is 2.10. The maximum absolute atomic E-state index is 5.09. The number of hydrogen-bond donors (Lipinski definition) is 1. The first-order valence-corrected chi connectivity index (χ1v) is 7.28. The van der Waals surface area contributed by atoms with E-state index < -0.39 is 0 Å². The van der Waals surface area contributed by atoms with E-state index in [1.54, 1.807) is 0 Å². The molecule has 2 heteroatoms. The molecule has 2 nitrogen and oxygen atoms in total. The molecule has 1 rings (SSSR count). The quantitative estimate of drug-likeness (QED) is 0.404. The van der Waals surface area contributed by atoms with Crippen LogP contribution in [0.3, 0.4) is 0 Å². The molecule has 1 aliphatic rings. The van der Waals surface area contributed by atoms with E-state index >= 15 is 0 Å². The Kier molecular flexibility index (Phi) is 8.83. The second-order valence-corrected chi connectivity index (χ2v) is 4.96. The van der Waals surface area contributed by atoms with Gasteiger partial charge in [0.2, 0.25) is 0 Å². The summed E-state index contributed by atoms with van der Waals surface area (Å²) in [4.78, 5) is 0. The smallest absolute Gasteiger partial charge is 0.132 e. The van der Waals surface area contributed by atoms with Crippen LogP contribution in [0.1, 0.15) is 71.1 Å². The van der Waals surface area contributed by atoms with Crippen molar-refractivity contribution in [3.63, 3.8) is 0 Å². The van der Waals surface area contributed by atoms with Crippen LogP contribution in [0.5, 0.6) is 0 Å². The van der Waals surface area contributed by atoms with Crippen molar-refractivity contribution in [2.24, 2.45) is 0 Å². The third-order valence-corrected chi connectivity index (χ3v) is 3.24. The van der Waals surface area contributed by atoms with E-state index in [1.165, 1.54) is 64.2 Å². The maximum Gasteiger partial charge on any atom is 0.132 e. The molecule has 96 valence electrons. The van der Waals surface area contributed by atoms with Gasteiger partial charge in [0.1, 0.15) is 6.23 Å². The van der Waals surface area contributed by atoms with Crippen LogP contribution >= 0.6 is 0 Å². The first kappa shape index (κ1) is 14.0. The molecule has 0 aromatic heterocycles. The first-order valence-electron chi connectivity index (χ1n) is 7.28. The molecule has 0 aromatic rings. The van der Waals surface area contributed by atoms with Crippen molar-refractivity contribution < 1.29 is 4.74 Å². The normalized spacial score (nSPS) is 18.9. The average molecular weight is 227 g/mol. The van der Waals surface area contributed by atoms with Crippen molar-refractivity contribution in [2.45, 2.75) is 77.4 Å². The summed E-state index contributed by atoms with van der Waals surface area (Å²) >= 11 is 0. The molecule has 1 fully saturated rings. The third kappa shape index (κ3) is 9.17. The molecule has 1 saturated heterocycles. The van der Waals surface area contributed by atoms with E-state index in [4.69, 9.17) is 4.74 Å². The average Bonchev–Trinajstić information content (AvgIpc) is 3.10. The van der Waals surface area contributed by atoms with Crippen LogP contribution in [0, 0.1) is 0 Å². The fourth-order valence-electron chi connectivity index (χ4n) is 2.04.